The minimum Gasteiger partial charge on any atom is -0.361 e. The van der Waals surface area contributed by atoms with Gasteiger partial charge in [0.05, 0.1) is 30.6 Å². The Kier molecular flexibility index (Phi) is 3.38. The summed E-state index contributed by atoms with van der Waals surface area (Å²) in [6.07, 6.45) is -0.707. The van der Waals surface area contributed by atoms with Crippen molar-refractivity contribution in [2.45, 2.75) is 24.8 Å². The van der Waals surface area contributed by atoms with Crippen LogP contribution in [0.15, 0.2) is 4.90 Å². The maximum atomic E-state index is 12.5. The molecule has 1 saturated heterocycles. The van der Waals surface area contributed by atoms with Crippen molar-refractivity contribution in [3.05, 3.63) is 11.4 Å². The van der Waals surface area contributed by atoms with Gasteiger partial charge in [0.15, 0.2) is 6.10 Å². The van der Waals surface area contributed by atoms with Crippen molar-refractivity contribution in [2.75, 3.05) is 19.7 Å². The van der Waals surface area contributed by atoms with Crippen LogP contribution < -0.4 is 0 Å². The molecule has 1 fully saturated rings. The highest BCUT2D eigenvalue weighted by molar-refractivity contribution is 7.89. The molecule has 2 heterocycles. The van der Waals surface area contributed by atoms with Gasteiger partial charge in [0.2, 0.25) is 10.0 Å². The normalized spacial score (nSPS) is 21.7. The van der Waals surface area contributed by atoms with Crippen LogP contribution in [0.4, 0.5) is 0 Å². The smallest absolute Gasteiger partial charge is 0.246 e. The Balaban J connectivity index is 2.35. The molecule has 1 N–H and O–H groups in total. The molecule has 0 aromatic carbocycles. The van der Waals surface area contributed by atoms with Crippen LogP contribution in [0.2, 0.25) is 0 Å². The van der Waals surface area contributed by atoms with Gasteiger partial charge in [-0.15, -0.1) is 0 Å². The first-order valence-electron chi connectivity index (χ1n) is 5.49. The summed E-state index contributed by atoms with van der Waals surface area (Å²) < 4.78 is 31.3. The number of ether oxygens (including phenoxy) is 1. The number of aromatic nitrogens is 2. The van der Waals surface area contributed by atoms with Crippen LogP contribution in [0.5, 0.6) is 0 Å². The van der Waals surface area contributed by atoms with Crippen molar-refractivity contribution in [1.29, 1.82) is 5.26 Å². The summed E-state index contributed by atoms with van der Waals surface area (Å²) >= 11 is 0. The summed E-state index contributed by atoms with van der Waals surface area (Å²) in [5.41, 5.74) is 0.944. The predicted octanol–water partition coefficient (Wildman–Crippen LogP) is -0.0604. The Hall–Kier alpha value is -1.43. The number of morpholine rings is 1. The van der Waals surface area contributed by atoms with Gasteiger partial charge >= 0.3 is 0 Å². The molecule has 7 nitrogen and oxygen atoms in total. The third-order valence-corrected chi connectivity index (χ3v) is 4.96. The van der Waals surface area contributed by atoms with Gasteiger partial charge in [0.25, 0.3) is 0 Å². The van der Waals surface area contributed by atoms with E-state index in [0.29, 0.717) is 11.4 Å². The van der Waals surface area contributed by atoms with Gasteiger partial charge in [-0.2, -0.15) is 14.7 Å². The lowest BCUT2D eigenvalue weighted by molar-refractivity contribution is 0.0311. The minimum atomic E-state index is -3.61. The molecular formula is C10H14N4O3S. The van der Waals surface area contributed by atoms with Crippen LogP contribution in [-0.4, -0.2) is 48.7 Å². The van der Waals surface area contributed by atoms with Gasteiger partial charge in [-0.1, -0.05) is 0 Å². The van der Waals surface area contributed by atoms with E-state index in [1.807, 2.05) is 6.07 Å². The molecule has 1 unspecified atom stereocenters. The van der Waals surface area contributed by atoms with Crippen molar-refractivity contribution in [3.8, 4) is 6.07 Å². The van der Waals surface area contributed by atoms with Crippen molar-refractivity contribution in [2.24, 2.45) is 0 Å². The molecule has 0 saturated carbocycles. The van der Waals surface area contributed by atoms with Gasteiger partial charge in [0, 0.05) is 6.54 Å². The van der Waals surface area contributed by atoms with Crippen molar-refractivity contribution in [3.63, 3.8) is 0 Å². The van der Waals surface area contributed by atoms with Crippen molar-refractivity contribution in [1.82, 2.24) is 14.5 Å². The second kappa shape index (κ2) is 4.68. The van der Waals surface area contributed by atoms with Gasteiger partial charge in [-0.25, -0.2) is 8.42 Å². The molecule has 2 rings (SSSR count). The monoisotopic (exact) mass is 270 g/mol. The Morgan fingerprint density at radius 3 is 2.83 bits per heavy atom. The Labute approximate surface area is 105 Å². The number of H-pyrrole nitrogens is 1. The first kappa shape index (κ1) is 13.0. The zero-order valence-corrected chi connectivity index (χ0v) is 11.0. The number of nitriles is 1. The number of nitrogens with one attached hydrogen (secondary N) is 1. The van der Waals surface area contributed by atoms with E-state index < -0.39 is 16.1 Å². The number of hydrogen-bond acceptors (Lipinski definition) is 5. The van der Waals surface area contributed by atoms with Gasteiger partial charge < -0.3 is 4.74 Å². The second-order valence-corrected chi connectivity index (χ2v) is 5.99. The Bertz CT molecular complexity index is 567. The van der Waals surface area contributed by atoms with E-state index in [0.717, 1.165) is 0 Å². The second-order valence-electron chi connectivity index (χ2n) is 4.11. The standard InChI is InChI=1S/C10H14N4O3S/c1-7-10(8(2)13-12-7)18(15,16)14-3-4-17-9(5-11)6-14/h9H,3-4,6H2,1-2H3,(H,12,13). The van der Waals surface area contributed by atoms with Crippen LogP contribution in [-0.2, 0) is 14.8 Å². The van der Waals surface area contributed by atoms with Crippen LogP contribution in [0, 0.1) is 25.2 Å². The molecule has 1 aliphatic rings. The van der Waals surface area contributed by atoms with Crippen LogP contribution >= 0.6 is 0 Å². The Morgan fingerprint density at radius 2 is 2.28 bits per heavy atom. The van der Waals surface area contributed by atoms with Gasteiger partial charge in [-0.05, 0) is 13.8 Å². The van der Waals surface area contributed by atoms with Crippen molar-refractivity contribution < 1.29 is 13.2 Å². The maximum absolute atomic E-state index is 12.5. The van der Waals surface area contributed by atoms with E-state index in [4.69, 9.17) is 10.00 Å². The lowest BCUT2D eigenvalue weighted by Crippen LogP contribution is -2.45. The number of aryl methyl sites for hydroxylation is 2. The van der Waals surface area contributed by atoms with E-state index in [-0.39, 0.29) is 24.6 Å². The highest BCUT2D eigenvalue weighted by atomic mass is 32.2. The van der Waals surface area contributed by atoms with Gasteiger partial charge in [0.1, 0.15) is 4.90 Å². The molecule has 1 aliphatic heterocycles. The van der Waals surface area contributed by atoms with Crippen LogP contribution in [0.1, 0.15) is 11.4 Å². The zero-order chi connectivity index (χ0) is 13.3. The first-order valence-corrected chi connectivity index (χ1v) is 6.93. The summed E-state index contributed by atoms with van der Waals surface area (Å²) in [6.45, 7) is 3.84. The molecule has 0 amide bonds. The summed E-state index contributed by atoms with van der Waals surface area (Å²) in [5.74, 6) is 0. The quantitative estimate of drug-likeness (QED) is 0.811. The average molecular weight is 270 g/mol. The van der Waals surface area contributed by atoms with Crippen LogP contribution in [0.3, 0.4) is 0 Å². The zero-order valence-electron chi connectivity index (χ0n) is 10.2. The Morgan fingerprint density at radius 1 is 1.56 bits per heavy atom. The molecule has 1 atom stereocenters. The summed E-state index contributed by atoms with van der Waals surface area (Å²) in [7, 11) is -3.61. The highest BCUT2D eigenvalue weighted by Crippen LogP contribution is 2.23. The SMILES string of the molecule is Cc1n[nH]c(C)c1S(=O)(=O)N1CCOC(C#N)C1. The largest absolute Gasteiger partial charge is 0.361 e. The van der Waals surface area contributed by atoms with E-state index in [1.165, 1.54) is 4.31 Å². The fourth-order valence-electron chi connectivity index (χ4n) is 1.97. The number of hydrogen-bond donors (Lipinski definition) is 1. The number of sulfonamides is 1. The molecule has 1 aromatic rings. The molecule has 0 radical (unpaired) electrons. The molecular weight excluding hydrogens is 256 g/mol. The molecule has 18 heavy (non-hydrogen) atoms. The van der Waals surface area contributed by atoms with E-state index in [9.17, 15) is 8.42 Å². The topological polar surface area (TPSA) is 99.1 Å². The van der Waals surface area contributed by atoms with Crippen LogP contribution in [0.25, 0.3) is 0 Å². The van der Waals surface area contributed by atoms with E-state index >= 15 is 0 Å². The molecule has 98 valence electrons. The molecule has 0 spiro atoms. The number of nitrogens with zero attached hydrogens (tertiary/aromatic N) is 3. The molecule has 0 aliphatic carbocycles. The minimum absolute atomic E-state index is 0.0584. The third-order valence-electron chi connectivity index (χ3n) is 2.83. The fraction of sp³-hybridized carbons (Fsp3) is 0.600. The van der Waals surface area contributed by atoms with Crippen molar-refractivity contribution >= 4 is 10.0 Å². The summed E-state index contributed by atoms with van der Waals surface area (Å²) in [4.78, 5) is 0.195. The molecule has 0 bridgehead atoms. The number of rotatable bonds is 2. The molecule has 8 heteroatoms. The average Bonchev–Trinajstić information content (AvgIpc) is 2.69. The first-order chi connectivity index (χ1) is 8.46. The third kappa shape index (κ3) is 2.12. The van der Waals surface area contributed by atoms with E-state index in [2.05, 4.69) is 10.2 Å². The number of aromatic amines is 1. The predicted molar refractivity (Wildman–Crippen MR) is 62.2 cm³/mol. The highest BCUT2D eigenvalue weighted by Gasteiger charge is 2.33. The summed E-state index contributed by atoms with van der Waals surface area (Å²) in [6, 6.07) is 1.93. The van der Waals surface area contributed by atoms with E-state index in [1.54, 1.807) is 13.8 Å². The fourth-order valence-corrected chi connectivity index (χ4v) is 3.73. The maximum Gasteiger partial charge on any atom is 0.246 e. The lowest BCUT2D eigenvalue weighted by atomic mass is 10.3. The van der Waals surface area contributed by atoms with Gasteiger partial charge in [-0.3, -0.25) is 5.10 Å². The summed E-state index contributed by atoms with van der Waals surface area (Å²) in [5, 5.41) is 15.3. The molecule has 1 aromatic heterocycles. The lowest BCUT2D eigenvalue weighted by Gasteiger charge is -2.28.